The number of anilines is 2. The van der Waals surface area contributed by atoms with Gasteiger partial charge in [0.25, 0.3) is 5.91 Å². The van der Waals surface area contributed by atoms with E-state index in [1.165, 1.54) is 19.3 Å². The van der Waals surface area contributed by atoms with Crippen molar-refractivity contribution in [2.75, 3.05) is 10.6 Å². The molecule has 1 fully saturated rings. The van der Waals surface area contributed by atoms with Gasteiger partial charge in [-0.05, 0) is 36.8 Å². The molecule has 1 saturated carbocycles. The van der Waals surface area contributed by atoms with Gasteiger partial charge in [-0.3, -0.25) is 4.79 Å². The van der Waals surface area contributed by atoms with Gasteiger partial charge >= 0.3 is 0 Å². The molecule has 26 heavy (non-hydrogen) atoms. The maximum atomic E-state index is 12.6. The van der Waals surface area contributed by atoms with Crippen LogP contribution in [-0.2, 0) is 0 Å². The van der Waals surface area contributed by atoms with E-state index >= 15 is 0 Å². The van der Waals surface area contributed by atoms with Gasteiger partial charge in [0.05, 0.1) is 5.56 Å². The summed E-state index contributed by atoms with van der Waals surface area (Å²) in [5.41, 5.74) is 3.55. The van der Waals surface area contributed by atoms with Crippen LogP contribution in [0.1, 0.15) is 73.4 Å². The van der Waals surface area contributed by atoms with Crippen molar-refractivity contribution in [2.45, 2.75) is 64.8 Å². The van der Waals surface area contributed by atoms with Gasteiger partial charge < -0.3 is 10.6 Å². The molecule has 5 nitrogen and oxygen atoms in total. The molecular weight excluding hydrogens is 324 g/mol. The first-order valence-corrected chi connectivity index (χ1v) is 9.54. The number of carbonyl (C=O) groups is 1. The maximum absolute atomic E-state index is 12.6. The van der Waals surface area contributed by atoms with Crippen molar-refractivity contribution in [3.8, 4) is 0 Å². The third kappa shape index (κ3) is 4.40. The quantitative estimate of drug-likeness (QED) is 0.803. The smallest absolute Gasteiger partial charge is 0.258 e. The van der Waals surface area contributed by atoms with Gasteiger partial charge in [-0.15, -0.1) is 0 Å². The molecule has 0 saturated heterocycles. The molecule has 0 spiro atoms. The van der Waals surface area contributed by atoms with Gasteiger partial charge in [0.15, 0.2) is 0 Å². The fourth-order valence-electron chi connectivity index (χ4n) is 3.48. The van der Waals surface area contributed by atoms with E-state index in [1.54, 1.807) is 12.4 Å². The first kappa shape index (κ1) is 18.4. The average molecular weight is 352 g/mol. The van der Waals surface area contributed by atoms with Gasteiger partial charge in [-0.2, -0.15) is 0 Å². The van der Waals surface area contributed by atoms with E-state index in [-0.39, 0.29) is 5.91 Å². The molecule has 0 atom stereocenters. The molecule has 1 heterocycles. The van der Waals surface area contributed by atoms with E-state index in [0.29, 0.717) is 23.5 Å². The number of amides is 1. The normalized spacial score (nSPS) is 15.1. The van der Waals surface area contributed by atoms with Crippen molar-refractivity contribution in [1.82, 2.24) is 9.97 Å². The Morgan fingerprint density at radius 1 is 1.12 bits per heavy atom. The maximum Gasteiger partial charge on any atom is 0.258 e. The van der Waals surface area contributed by atoms with Crippen molar-refractivity contribution in [1.29, 1.82) is 0 Å². The summed E-state index contributed by atoms with van der Waals surface area (Å²) in [5.74, 6) is 0.765. The molecule has 138 valence electrons. The predicted molar refractivity (Wildman–Crippen MR) is 106 cm³/mol. The van der Waals surface area contributed by atoms with Crippen LogP contribution < -0.4 is 10.6 Å². The molecule has 0 aliphatic heterocycles. The summed E-state index contributed by atoms with van der Waals surface area (Å²) in [6, 6.07) is 6.54. The van der Waals surface area contributed by atoms with Crippen molar-refractivity contribution in [3.63, 3.8) is 0 Å². The Balaban J connectivity index is 1.69. The van der Waals surface area contributed by atoms with Crippen molar-refractivity contribution in [2.24, 2.45) is 0 Å². The summed E-state index contributed by atoms with van der Waals surface area (Å²) >= 11 is 0. The summed E-state index contributed by atoms with van der Waals surface area (Å²) in [5, 5.41) is 6.41. The number of carbonyl (C=O) groups excluding carboxylic acids is 1. The molecule has 1 aliphatic rings. The van der Waals surface area contributed by atoms with Crippen LogP contribution in [0.15, 0.2) is 30.6 Å². The van der Waals surface area contributed by atoms with Gasteiger partial charge in [0.2, 0.25) is 5.95 Å². The molecule has 1 amide bonds. The Morgan fingerprint density at radius 2 is 1.81 bits per heavy atom. The van der Waals surface area contributed by atoms with Crippen LogP contribution in [0.2, 0.25) is 0 Å². The Kier molecular flexibility index (Phi) is 5.86. The average Bonchev–Trinajstić information content (AvgIpc) is 2.64. The van der Waals surface area contributed by atoms with E-state index in [1.807, 2.05) is 19.1 Å². The van der Waals surface area contributed by atoms with Crippen molar-refractivity contribution in [3.05, 3.63) is 47.3 Å². The number of para-hydroxylation sites is 1. The van der Waals surface area contributed by atoms with Gasteiger partial charge in [-0.1, -0.05) is 51.3 Å². The number of hydrogen-bond acceptors (Lipinski definition) is 4. The molecule has 2 aromatic rings. The molecule has 3 rings (SSSR count). The zero-order chi connectivity index (χ0) is 18.5. The second kappa shape index (κ2) is 8.30. The van der Waals surface area contributed by atoms with Crippen molar-refractivity contribution < 1.29 is 4.79 Å². The molecule has 1 aromatic carbocycles. The van der Waals surface area contributed by atoms with Gasteiger partial charge in [-0.25, -0.2) is 9.97 Å². The molecule has 5 heteroatoms. The van der Waals surface area contributed by atoms with Gasteiger partial charge in [0, 0.05) is 24.1 Å². The fourth-order valence-corrected chi connectivity index (χ4v) is 3.48. The first-order chi connectivity index (χ1) is 12.5. The SMILES string of the molecule is Cc1cccc(C(C)C)c1NC(=O)c1cnc(NC2CCCCC2)nc1. The van der Waals surface area contributed by atoms with E-state index < -0.39 is 0 Å². The highest BCUT2D eigenvalue weighted by atomic mass is 16.1. The summed E-state index contributed by atoms with van der Waals surface area (Å²) in [4.78, 5) is 21.3. The second-order valence-corrected chi connectivity index (χ2v) is 7.42. The van der Waals surface area contributed by atoms with Crippen molar-refractivity contribution >= 4 is 17.5 Å². The summed E-state index contributed by atoms with van der Waals surface area (Å²) in [6.45, 7) is 6.26. The Bertz CT molecular complexity index is 749. The molecule has 0 unspecified atom stereocenters. The van der Waals surface area contributed by atoms with E-state index in [2.05, 4.69) is 40.5 Å². The number of rotatable bonds is 5. The number of nitrogens with zero attached hydrogens (tertiary/aromatic N) is 2. The zero-order valence-corrected chi connectivity index (χ0v) is 15.9. The summed E-state index contributed by atoms with van der Waals surface area (Å²) in [6.07, 6.45) is 9.35. The molecular formula is C21H28N4O. The highest BCUT2D eigenvalue weighted by Gasteiger charge is 2.16. The zero-order valence-electron chi connectivity index (χ0n) is 15.9. The minimum absolute atomic E-state index is 0.176. The number of aromatic nitrogens is 2. The highest BCUT2D eigenvalue weighted by Crippen LogP contribution is 2.28. The lowest BCUT2D eigenvalue weighted by Crippen LogP contribution is -2.23. The monoisotopic (exact) mass is 352 g/mol. The van der Waals surface area contributed by atoms with Crippen LogP contribution in [0.25, 0.3) is 0 Å². The Morgan fingerprint density at radius 3 is 2.46 bits per heavy atom. The second-order valence-electron chi connectivity index (χ2n) is 7.42. The van der Waals surface area contributed by atoms with Crippen LogP contribution in [0.3, 0.4) is 0 Å². The molecule has 2 N–H and O–H groups in total. The minimum atomic E-state index is -0.176. The lowest BCUT2D eigenvalue weighted by atomic mass is 9.96. The fraction of sp³-hybridized carbons (Fsp3) is 0.476. The molecule has 1 aliphatic carbocycles. The van der Waals surface area contributed by atoms with E-state index in [9.17, 15) is 4.79 Å². The summed E-state index contributed by atoms with van der Waals surface area (Å²) in [7, 11) is 0. The van der Waals surface area contributed by atoms with Crippen LogP contribution in [0.5, 0.6) is 0 Å². The Hall–Kier alpha value is -2.43. The molecule has 0 radical (unpaired) electrons. The lowest BCUT2D eigenvalue weighted by Gasteiger charge is -2.22. The number of nitrogens with one attached hydrogen (secondary N) is 2. The first-order valence-electron chi connectivity index (χ1n) is 9.54. The standard InChI is InChI=1S/C21H28N4O/c1-14(2)18-11-7-8-15(3)19(18)25-20(26)16-12-22-21(23-13-16)24-17-9-5-4-6-10-17/h7-8,11-14,17H,4-6,9-10H2,1-3H3,(H,25,26)(H,22,23,24). The van der Waals surface area contributed by atoms with E-state index in [0.717, 1.165) is 29.7 Å². The van der Waals surface area contributed by atoms with Gasteiger partial charge in [0.1, 0.15) is 0 Å². The van der Waals surface area contributed by atoms with Crippen LogP contribution in [0, 0.1) is 6.92 Å². The largest absolute Gasteiger partial charge is 0.351 e. The Labute approximate surface area is 155 Å². The molecule has 0 bridgehead atoms. The topological polar surface area (TPSA) is 66.9 Å². The third-order valence-corrected chi connectivity index (χ3v) is 5.02. The predicted octanol–water partition coefficient (Wildman–Crippen LogP) is 4.91. The third-order valence-electron chi connectivity index (χ3n) is 5.02. The van der Waals surface area contributed by atoms with Crippen LogP contribution >= 0.6 is 0 Å². The summed E-state index contributed by atoms with van der Waals surface area (Å²) < 4.78 is 0. The highest BCUT2D eigenvalue weighted by molar-refractivity contribution is 6.04. The number of hydrogen-bond donors (Lipinski definition) is 2. The number of benzene rings is 1. The lowest BCUT2D eigenvalue weighted by molar-refractivity contribution is 0.102. The minimum Gasteiger partial charge on any atom is -0.351 e. The van der Waals surface area contributed by atoms with E-state index in [4.69, 9.17) is 0 Å². The van der Waals surface area contributed by atoms with Crippen LogP contribution in [-0.4, -0.2) is 21.9 Å². The number of aryl methyl sites for hydroxylation is 1. The molecule has 1 aromatic heterocycles. The van der Waals surface area contributed by atoms with Crippen LogP contribution in [0.4, 0.5) is 11.6 Å².